The molecule has 2 heteroatoms. The number of benzene rings is 1. The first-order chi connectivity index (χ1) is 11.6. The van der Waals surface area contributed by atoms with Gasteiger partial charge in [-0.3, -0.25) is 4.90 Å². The molecule has 0 radical (unpaired) electrons. The molecule has 1 saturated carbocycles. The molecule has 4 rings (SSSR count). The maximum atomic E-state index is 5.56. The number of hydrogen-bond donors (Lipinski definition) is 0. The number of ether oxygens (including phenoxy) is 1. The van der Waals surface area contributed by atoms with E-state index in [1.165, 1.54) is 50.6 Å². The second-order valence-electron chi connectivity index (χ2n) is 8.33. The highest BCUT2D eigenvalue weighted by Gasteiger charge is 2.53. The highest BCUT2D eigenvalue weighted by Crippen LogP contribution is 2.56. The van der Waals surface area contributed by atoms with E-state index >= 15 is 0 Å². The van der Waals surface area contributed by atoms with Gasteiger partial charge in [-0.25, -0.2) is 0 Å². The lowest BCUT2D eigenvalue weighted by atomic mass is 9.52. The molecule has 0 N–H and O–H groups in total. The molecule has 1 aliphatic heterocycles. The summed E-state index contributed by atoms with van der Waals surface area (Å²) in [4.78, 5) is 2.77. The van der Waals surface area contributed by atoms with Gasteiger partial charge in [-0.2, -0.15) is 0 Å². The minimum atomic E-state index is 0.423. The summed E-state index contributed by atoms with van der Waals surface area (Å²) in [6.45, 7) is 6.82. The van der Waals surface area contributed by atoms with Gasteiger partial charge in [0, 0.05) is 18.0 Å². The van der Waals surface area contributed by atoms with E-state index in [-0.39, 0.29) is 0 Å². The Bertz CT molecular complexity index is 645. The summed E-state index contributed by atoms with van der Waals surface area (Å²) in [5, 5.41) is 0. The van der Waals surface area contributed by atoms with Crippen molar-refractivity contribution in [2.75, 3.05) is 20.2 Å². The molecule has 24 heavy (non-hydrogen) atoms. The Morgan fingerprint density at radius 3 is 2.96 bits per heavy atom. The average Bonchev–Trinajstić information content (AvgIpc) is 2.60. The lowest BCUT2D eigenvalue weighted by Gasteiger charge is -2.59. The van der Waals surface area contributed by atoms with E-state index in [1.54, 1.807) is 18.2 Å². The van der Waals surface area contributed by atoms with Gasteiger partial charge >= 0.3 is 0 Å². The average molecular weight is 325 g/mol. The molecule has 1 heterocycles. The van der Waals surface area contributed by atoms with Gasteiger partial charge in [0.15, 0.2) is 0 Å². The van der Waals surface area contributed by atoms with Crippen molar-refractivity contribution in [2.45, 2.75) is 63.8 Å². The quantitative estimate of drug-likeness (QED) is 0.746. The normalized spacial score (nSPS) is 31.8. The number of fused-ring (bicyclic) bond motifs is 1. The summed E-state index contributed by atoms with van der Waals surface area (Å²) >= 11 is 0. The summed E-state index contributed by atoms with van der Waals surface area (Å²) in [5.41, 5.74) is 5.08. The van der Waals surface area contributed by atoms with Crippen molar-refractivity contribution in [3.8, 4) is 5.75 Å². The van der Waals surface area contributed by atoms with Crippen LogP contribution >= 0.6 is 0 Å². The molecular formula is C22H31NO. The molecule has 1 saturated heterocycles. The Kier molecular flexibility index (Phi) is 4.20. The van der Waals surface area contributed by atoms with E-state index in [0.717, 1.165) is 24.3 Å². The van der Waals surface area contributed by atoms with Crippen molar-refractivity contribution in [3.63, 3.8) is 0 Å². The zero-order valence-corrected chi connectivity index (χ0v) is 15.5. The van der Waals surface area contributed by atoms with Gasteiger partial charge in [-0.05, 0) is 75.3 Å². The summed E-state index contributed by atoms with van der Waals surface area (Å²) in [6.07, 6.45) is 10.6. The Morgan fingerprint density at radius 1 is 1.29 bits per heavy atom. The predicted molar refractivity (Wildman–Crippen MR) is 99.7 cm³/mol. The third-order valence-electron chi connectivity index (χ3n) is 6.89. The van der Waals surface area contributed by atoms with E-state index in [1.807, 2.05) is 0 Å². The van der Waals surface area contributed by atoms with Crippen LogP contribution in [0.3, 0.4) is 0 Å². The Hall–Kier alpha value is -1.28. The molecule has 0 spiro atoms. The highest BCUT2D eigenvalue weighted by atomic mass is 16.5. The van der Waals surface area contributed by atoms with Crippen molar-refractivity contribution in [2.24, 2.45) is 5.92 Å². The van der Waals surface area contributed by atoms with Crippen LogP contribution in [0, 0.1) is 5.92 Å². The second kappa shape index (κ2) is 6.22. The molecular weight excluding hydrogens is 294 g/mol. The van der Waals surface area contributed by atoms with Gasteiger partial charge in [-0.15, -0.1) is 0 Å². The smallest absolute Gasteiger partial charge is 0.119 e. The number of likely N-dealkylation sites (tertiary alicyclic amines) is 1. The Morgan fingerprint density at radius 2 is 2.17 bits per heavy atom. The van der Waals surface area contributed by atoms with Crippen LogP contribution in [0.15, 0.2) is 29.8 Å². The first kappa shape index (κ1) is 16.2. The summed E-state index contributed by atoms with van der Waals surface area (Å²) in [7, 11) is 1.80. The molecule has 2 aliphatic carbocycles. The molecule has 0 amide bonds. The first-order valence-corrected chi connectivity index (χ1v) is 9.69. The second-order valence-corrected chi connectivity index (χ2v) is 8.33. The predicted octanol–water partition coefficient (Wildman–Crippen LogP) is 4.72. The minimum Gasteiger partial charge on any atom is -0.497 e. The van der Waals surface area contributed by atoms with Crippen LogP contribution < -0.4 is 4.74 Å². The summed E-state index contributed by atoms with van der Waals surface area (Å²) in [6, 6.07) is 7.61. The van der Waals surface area contributed by atoms with Gasteiger partial charge in [0.2, 0.25) is 0 Å². The van der Waals surface area contributed by atoms with Crippen molar-refractivity contribution in [1.82, 2.24) is 4.90 Å². The van der Waals surface area contributed by atoms with Crippen molar-refractivity contribution >= 4 is 0 Å². The Balaban J connectivity index is 1.74. The molecule has 2 nitrogen and oxygen atoms in total. The topological polar surface area (TPSA) is 12.5 Å². The maximum Gasteiger partial charge on any atom is 0.119 e. The van der Waals surface area contributed by atoms with Crippen LogP contribution in [0.25, 0.3) is 0 Å². The number of rotatable bonds is 3. The first-order valence-electron chi connectivity index (χ1n) is 9.69. The maximum absolute atomic E-state index is 5.56. The zero-order valence-electron chi connectivity index (χ0n) is 15.5. The zero-order chi connectivity index (χ0) is 16.7. The van der Waals surface area contributed by atoms with Gasteiger partial charge in [0.05, 0.1) is 7.11 Å². The lowest BCUT2D eigenvalue weighted by molar-refractivity contribution is -0.00528. The minimum absolute atomic E-state index is 0.423. The van der Waals surface area contributed by atoms with E-state index < -0.39 is 0 Å². The number of piperidine rings is 1. The third kappa shape index (κ3) is 2.50. The number of nitrogens with zero attached hydrogens (tertiary/aromatic N) is 1. The fraction of sp³-hybridized carbons (Fsp3) is 0.636. The third-order valence-corrected chi connectivity index (χ3v) is 6.89. The van der Waals surface area contributed by atoms with Gasteiger partial charge in [-0.1, -0.05) is 30.6 Å². The lowest BCUT2D eigenvalue weighted by Crippen LogP contribution is -2.60. The van der Waals surface area contributed by atoms with Crippen LogP contribution in [0.1, 0.15) is 57.1 Å². The van der Waals surface area contributed by atoms with E-state index in [2.05, 4.69) is 43.0 Å². The van der Waals surface area contributed by atoms with Gasteiger partial charge in [0.1, 0.15) is 5.75 Å². The Labute approximate surface area is 146 Å². The molecule has 1 aromatic carbocycles. The summed E-state index contributed by atoms with van der Waals surface area (Å²) < 4.78 is 5.56. The number of allylic oxidation sites excluding steroid dienone is 1. The molecule has 2 fully saturated rings. The molecule has 2 bridgehead atoms. The highest BCUT2D eigenvalue weighted by molar-refractivity contribution is 5.45. The SMILES string of the molecule is COc1ccc2c(c1)[C@]13CCCC[C@H]1[C@H](C2)N(CC=C(C)C)CC3. The van der Waals surface area contributed by atoms with Crippen LogP contribution in [0.4, 0.5) is 0 Å². The fourth-order valence-corrected chi connectivity index (χ4v) is 5.72. The largest absolute Gasteiger partial charge is 0.497 e. The molecule has 0 unspecified atom stereocenters. The number of hydrogen-bond acceptors (Lipinski definition) is 2. The fourth-order valence-electron chi connectivity index (χ4n) is 5.72. The molecule has 3 atom stereocenters. The van der Waals surface area contributed by atoms with E-state index in [4.69, 9.17) is 4.74 Å². The van der Waals surface area contributed by atoms with Crippen molar-refractivity contribution in [3.05, 3.63) is 41.0 Å². The number of methoxy groups -OCH3 is 1. The van der Waals surface area contributed by atoms with Crippen molar-refractivity contribution in [1.29, 1.82) is 0 Å². The monoisotopic (exact) mass is 325 g/mol. The van der Waals surface area contributed by atoms with Gasteiger partial charge < -0.3 is 4.74 Å². The standard InChI is InChI=1S/C22H31NO/c1-16(2)9-12-23-13-11-22-10-5-4-6-19(22)21(23)14-17-7-8-18(24-3)15-20(17)22/h7-9,15,19,21H,4-6,10-14H2,1-3H3/t19-,21-,22-/m0/s1. The van der Waals surface area contributed by atoms with Crippen LogP contribution in [-0.2, 0) is 11.8 Å². The molecule has 0 aromatic heterocycles. The summed E-state index contributed by atoms with van der Waals surface area (Å²) in [5.74, 6) is 1.88. The van der Waals surface area contributed by atoms with Crippen LogP contribution in [0.5, 0.6) is 5.75 Å². The van der Waals surface area contributed by atoms with E-state index in [9.17, 15) is 0 Å². The molecule has 1 aromatic rings. The molecule has 130 valence electrons. The van der Waals surface area contributed by atoms with Crippen LogP contribution in [0.2, 0.25) is 0 Å². The van der Waals surface area contributed by atoms with Gasteiger partial charge in [0.25, 0.3) is 0 Å². The van der Waals surface area contributed by atoms with Crippen molar-refractivity contribution < 1.29 is 4.74 Å². The van der Waals surface area contributed by atoms with E-state index in [0.29, 0.717) is 5.41 Å². The van der Waals surface area contributed by atoms with Crippen LogP contribution in [-0.4, -0.2) is 31.1 Å². The molecule has 3 aliphatic rings.